The van der Waals surface area contributed by atoms with E-state index in [1.54, 1.807) is 84.9 Å². The third-order valence-corrected chi connectivity index (χ3v) is 23.7. The average Bonchev–Trinajstić information content (AvgIpc) is 1.55. The molecule has 0 amide bonds. The molecule has 4 fully saturated rings. The van der Waals surface area contributed by atoms with Crippen molar-refractivity contribution in [3.63, 3.8) is 0 Å². The van der Waals surface area contributed by atoms with E-state index in [4.69, 9.17) is 128 Å². The number of benzene rings is 4. The Morgan fingerprint density at radius 1 is 0.371 bits per heavy atom. The quantitative estimate of drug-likeness (QED) is 0.0485. The third-order valence-electron chi connectivity index (χ3n) is 17.2. The fourth-order valence-corrected chi connectivity index (χ4v) is 17.2. The predicted octanol–water partition coefficient (Wildman–Crippen LogP) is 1.82. The van der Waals surface area contributed by atoms with E-state index in [9.17, 15) is 97.5 Å². The van der Waals surface area contributed by atoms with Crippen LogP contribution in [0.4, 0.5) is 0 Å². The van der Waals surface area contributed by atoms with E-state index in [1.807, 2.05) is 19.9 Å². The van der Waals surface area contributed by atoms with Gasteiger partial charge in [0.2, 0.25) is 0 Å². The first-order chi connectivity index (χ1) is 57.0. The average molecular weight is 1790 g/mol. The molecule has 0 aliphatic carbocycles. The van der Waals surface area contributed by atoms with Crippen LogP contribution in [0, 0.1) is 0 Å². The van der Waals surface area contributed by atoms with E-state index < -0.39 is 197 Å². The number of nitrogens with one attached hydrogen (secondary N) is 4. The summed E-state index contributed by atoms with van der Waals surface area (Å²) in [5.41, 5.74) is -4.71. The third kappa shape index (κ3) is 18.4. The molecule has 0 bridgehead atoms. The standard InChI is InChI=1S/4C16H16ClN2O9P/c4*17-16(8-26-29(24)25-7-9-3-1-2-4-10(9)28-29)13(22)12(21)14(27-16)19-6-5-11(20)18-15(19)23/h4*1-6,12-14,21-22H,7-8H2,(H,18,20,23)/t4*12-,13+,14-,16-,29?/m1111/s1/i8D2,14D;14D;8D2;. The largest absolute Gasteiger partial charge is 0.530 e. The number of hydrogen-bond donors (Lipinski definition) is 12. The molecular weight excluding hydrogens is 1720 g/mol. The van der Waals surface area contributed by atoms with Gasteiger partial charge in [-0.2, -0.15) is 0 Å². The highest BCUT2D eigenvalue weighted by molar-refractivity contribution is 7.49. The molecule has 624 valence electrons. The minimum atomic E-state index is -4.65. The van der Waals surface area contributed by atoms with Crippen molar-refractivity contribution in [2.24, 2.45) is 0 Å². The molecule has 0 radical (unpaired) electrons. The van der Waals surface area contributed by atoms with Gasteiger partial charge in [-0.05, 0) is 24.3 Å². The van der Waals surface area contributed by atoms with Crippen molar-refractivity contribution in [1.29, 1.82) is 0 Å². The van der Waals surface area contributed by atoms with Crippen molar-refractivity contribution in [1.82, 2.24) is 38.2 Å². The number of aliphatic hydroxyl groups is 8. The van der Waals surface area contributed by atoms with Gasteiger partial charge in [-0.15, -0.1) is 0 Å². The second-order valence-electron chi connectivity index (χ2n) is 25.0. The number of halogens is 4. The number of hydrogen-bond acceptors (Lipinski definition) is 36. The summed E-state index contributed by atoms with van der Waals surface area (Å²) in [5.74, 6) is 0.834. The molecule has 4 saturated heterocycles. The Morgan fingerprint density at radius 2 is 0.621 bits per heavy atom. The number of ether oxygens (including phenoxy) is 4. The molecular formula is C64H64Cl4N8O36P4. The van der Waals surface area contributed by atoms with Crippen LogP contribution in [0.15, 0.2) is 184 Å². The topological polar surface area (TPSA) is 597 Å². The highest BCUT2D eigenvalue weighted by atomic mass is 35.5. The zero-order valence-corrected chi connectivity index (χ0v) is 64.6. The van der Waals surface area contributed by atoms with Crippen molar-refractivity contribution < 1.29 is 141 Å². The van der Waals surface area contributed by atoms with Crippen molar-refractivity contribution >= 4 is 77.7 Å². The minimum absolute atomic E-state index is 0.0236. The molecule has 44 nitrogen and oxygen atoms in total. The number of phosphoric ester groups is 4. The number of aromatic nitrogens is 8. The van der Waals surface area contributed by atoms with E-state index in [1.165, 1.54) is 12.1 Å². The monoisotopic (exact) mass is 1790 g/mol. The molecule has 4 unspecified atom stereocenters. The van der Waals surface area contributed by atoms with Crippen LogP contribution < -0.4 is 63.1 Å². The molecule has 4 aromatic heterocycles. The summed E-state index contributed by atoms with van der Waals surface area (Å²) >= 11 is 24.8. The molecule has 0 spiro atoms. The lowest BCUT2D eigenvalue weighted by molar-refractivity contribution is -0.0786. The summed E-state index contributed by atoms with van der Waals surface area (Å²) in [5, 5.41) is 72.7. The lowest BCUT2D eigenvalue weighted by Gasteiger charge is -2.29. The fourth-order valence-electron chi connectivity index (χ4n) is 11.2. The summed E-state index contributed by atoms with van der Waals surface area (Å²) in [7, 11) is -17.4. The lowest BCUT2D eigenvalue weighted by Crippen LogP contribution is -2.42. The number of aromatic amines is 4. The molecule has 16 rings (SSSR count). The summed E-state index contributed by atoms with van der Waals surface area (Å²) < 4.78 is 186. The molecule has 52 heteroatoms. The second-order valence-corrected chi connectivity index (χ2v) is 33.6. The number of alkyl halides is 4. The van der Waals surface area contributed by atoms with E-state index >= 15 is 0 Å². The van der Waals surface area contributed by atoms with Gasteiger partial charge >= 0.3 is 54.0 Å². The molecule has 8 aliphatic rings. The van der Waals surface area contributed by atoms with Gasteiger partial charge in [-0.1, -0.05) is 119 Å². The molecule has 0 saturated carbocycles. The van der Waals surface area contributed by atoms with Crippen molar-refractivity contribution in [3.05, 3.63) is 252 Å². The summed E-state index contributed by atoms with van der Waals surface area (Å²) in [6.07, 6.45) is -21.0. The maximum absolute atomic E-state index is 12.9. The zero-order valence-electron chi connectivity index (χ0n) is 64.0. The molecule has 20 atom stereocenters. The first kappa shape index (κ1) is 78.0. The Hall–Kier alpha value is -7.92. The first-order valence-corrected chi connectivity index (χ1v) is 40.4. The van der Waals surface area contributed by atoms with Crippen LogP contribution in [-0.4, -0.2) is 174 Å². The van der Waals surface area contributed by atoms with Crippen LogP contribution in [0.25, 0.3) is 0 Å². The minimum Gasteiger partial charge on any atom is -0.404 e. The molecule has 8 aliphatic heterocycles. The maximum Gasteiger partial charge on any atom is 0.530 e. The van der Waals surface area contributed by atoms with Crippen molar-refractivity contribution in [2.45, 2.75) is 120 Å². The lowest BCUT2D eigenvalue weighted by atomic mass is 10.1. The van der Waals surface area contributed by atoms with Gasteiger partial charge in [0.05, 0.1) is 34.7 Å². The van der Waals surface area contributed by atoms with Crippen LogP contribution >= 0.6 is 77.7 Å². The number of aliphatic hydroxyl groups excluding tert-OH is 8. The predicted molar refractivity (Wildman–Crippen MR) is 390 cm³/mol. The fraction of sp³-hybridized carbons (Fsp3) is 0.375. The normalized spacial score (nSPS) is 36.1. The Bertz CT molecular complexity index is 6060. The van der Waals surface area contributed by atoms with E-state index in [-0.39, 0.29) is 43.7 Å². The number of para-hydroxylation sites is 4. The summed E-state index contributed by atoms with van der Waals surface area (Å²) in [4.78, 5) is 101. The van der Waals surface area contributed by atoms with Crippen LogP contribution in [-0.2, 0) is 99.8 Å². The van der Waals surface area contributed by atoms with E-state index in [2.05, 4.69) is 0 Å². The van der Waals surface area contributed by atoms with Gasteiger partial charge in [-0.3, -0.25) is 93.6 Å². The number of H-pyrrole nitrogens is 4. The molecule has 8 aromatic rings. The van der Waals surface area contributed by atoms with E-state index in [0.29, 0.717) is 41.7 Å². The van der Waals surface area contributed by atoms with Gasteiger partial charge in [0.15, 0.2) is 45.1 Å². The second kappa shape index (κ2) is 34.1. The molecule has 116 heavy (non-hydrogen) atoms. The van der Waals surface area contributed by atoms with Crippen LogP contribution in [0.2, 0.25) is 0 Å². The van der Waals surface area contributed by atoms with Crippen LogP contribution in [0.1, 0.15) is 55.3 Å². The molecule has 4 aromatic carbocycles. The van der Waals surface area contributed by atoms with E-state index in [0.717, 1.165) is 53.6 Å². The smallest absolute Gasteiger partial charge is 0.404 e. The number of fused-ring (bicyclic) bond motifs is 4. The summed E-state index contributed by atoms with van der Waals surface area (Å²) in [6, 6.07) is 29.9. The number of phosphoric acid groups is 4. The van der Waals surface area contributed by atoms with Crippen LogP contribution in [0.3, 0.4) is 0 Å². The SMILES string of the molecule is O=c1ccn([C@@H]2O[C@](Cl)(COP3(=O)OCc4ccccc4O3)[C@@H](O)[C@H]2O)c(=O)[nH]1.[2H]C([2H])(OP1(=O)OCc2ccccc2O1)[C@@]1(Cl)O[C@@H](n2ccc(=O)[nH]c2=O)[C@H](O)[C@@H]1O.[2H]C([2H])(OP1(=O)OCc2ccccc2O1)[C@@]1(Cl)O[C@@]([2H])(n2ccc(=O)[nH]c2=O)[C@H](O)[C@@H]1O.[2H][C@@]1(n2ccc(=O)[nH]c2=O)O[C@](Cl)(COP2(=O)OCc3ccccc3O2)[C@@H](O)[C@H]1O. The van der Waals surface area contributed by atoms with Crippen LogP contribution in [0.5, 0.6) is 23.0 Å². The summed E-state index contributed by atoms with van der Waals surface area (Å²) in [6.45, 7) is -8.72. The first-order valence-electron chi connectivity index (χ1n) is 36.1. The Labute approximate surface area is 674 Å². The van der Waals surface area contributed by atoms with Gasteiger partial charge in [0, 0.05) is 71.3 Å². The van der Waals surface area contributed by atoms with Crippen molar-refractivity contribution in [3.8, 4) is 23.0 Å². The van der Waals surface area contributed by atoms with Gasteiger partial charge in [0.1, 0.15) is 98.2 Å². The number of nitrogens with zero attached hydrogens (tertiary/aromatic N) is 4. The zero-order chi connectivity index (χ0) is 88.7. The van der Waals surface area contributed by atoms with Crippen molar-refractivity contribution in [2.75, 3.05) is 26.3 Å². The number of rotatable bonds is 16. The highest BCUT2D eigenvalue weighted by Gasteiger charge is 2.60. The Balaban J connectivity index is 0.000000140. The van der Waals surface area contributed by atoms with Gasteiger partial charge < -0.3 is 77.9 Å². The molecule has 12 N–H and O–H groups in total. The highest BCUT2D eigenvalue weighted by Crippen LogP contribution is 2.60. The molecule has 12 heterocycles. The van der Waals surface area contributed by atoms with Gasteiger partial charge in [0.25, 0.3) is 22.2 Å². The Morgan fingerprint density at radius 3 is 0.948 bits per heavy atom. The maximum atomic E-state index is 12.9. The Kier molecular flexibility index (Phi) is 22.9. The van der Waals surface area contributed by atoms with Gasteiger partial charge in [-0.25, -0.2) is 37.4 Å².